The highest BCUT2D eigenvalue weighted by atomic mass is 35.5. The first-order chi connectivity index (χ1) is 9.69. The fraction of sp³-hybridized carbons (Fsp3) is 0.0625. The van der Waals surface area contributed by atoms with E-state index in [1.54, 1.807) is 37.6 Å². The lowest BCUT2D eigenvalue weighted by Crippen LogP contribution is -1.96. The summed E-state index contributed by atoms with van der Waals surface area (Å²) in [6.07, 6.45) is 3.09. The van der Waals surface area contributed by atoms with Gasteiger partial charge in [0.05, 0.1) is 7.11 Å². The quantitative estimate of drug-likeness (QED) is 0.663. The van der Waals surface area contributed by atoms with Gasteiger partial charge in [0.25, 0.3) is 0 Å². The summed E-state index contributed by atoms with van der Waals surface area (Å²) in [5, 5.41) is 3.64. The van der Waals surface area contributed by atoms with E-state index in [0.29, 0.717) is 10.6 Å². The van der Waals surface area contributed by atoms with Gasteiger partial charge in [0, 0.05) is 28.5 Å². The van der Waals surface area contributed by atoms with Crippen molar-refractivity contribution in [2.75, 3.05) is 12.4 Å². The van der Waals surface area contributed by atoms with Gasteiger partial charge >= 0.3 is 0 Å². The summed E-state index contributed by atoms with van der Waals surface area (Å²) < 4.78 is 5.07. The Kier molecular flexibility index (Phi) is 4.80. The van der Waals surface area contributed by atoms with E-state index in [4.69, 9.17) is 16.3 Å². The van der Waals surface area contributed by atoms with Gasteiger partial charge in [0.2, 0.25) is 0 Å². The van der Waals surface area contributed by atoms with Crippen LogP contribution in [0.3, 0.4) is 0 Å². The molecule has 2 aromatic carbocycles. The van der Waals surface area contributed by atoms with Crippen molar-refractivity contribution in [2.45, 2.75) is 0 Å². The molecule has 102 valence electrons. The molecule has 2 aromatic rings. The minimum atomic E-state index is -0.0809. The molecule has 1 N–H and O–H groups in total. The Labute approximate surface area is 122 Å². The van der Waals surface area contributed by atoms with Crippen molar-refractivity contribution in [1.82, 2.24) is 0 Å². The van der Waals surface area contributed by atoms with E-state index in [-0.39, 0.29) is 5.78 Å². The molecule has 0 unspecified atom stereocenters. The first kappa shape index (κ1) is 14.2. The maximum Gasteiger partial charge on any atom is 0.187 e. The van der Waals surface area contributed by atoms with Gasteiger partial charge < -0.3 is 10.1 Å². The summed E-state index contributed by atoms with van der Waals surface area (Å²) in [6.45, 7) is 0. The average molecular weight is 288 g/mol. The van der Waals surface area contributed by atoms with Crippen LogP contribution in [0.5, 0.6) is 5.75 Å². The lowest BCUT2D eigenvalue weighted by atomic mass is 10.1. The average Bonchev–Trinajstić information content (AvgIpc) is 2.48. The Morgan fingerprint density at radius 1 is 1.10 bits per heavy atom. The lowest BCUT2D eigenvalue weighted by Gasteiger charge is -2.02. The number of benzene rings is 2. The van der Waals surface area contributed by atoms with Crippen LogP contribution >= 0.6 is 11.6 Å². The van der Waals surface area contributed by atoms with Crippen LogP contribution in [0.4, 0.5) is 5.69 Å². The zero-order valence-corrected chi connectivity index (χ0v) is 11.7. The van der Waals surface area contributed by atoms with Crippen LogP contribution in [0, 0.1) is 0 Å². The molecule has 0 aromatic heterocycles. The Balaban J connectivity index is 1.95. The molecule has 3 nitrogen and oxygen atoms in total. The number of hydrogen-bond donors (Lipinski definition) is 1. The largest absolute Gasteiger partial charge is 0.497 e. The van der Waals surface area contributed by atoms with Gasteiger partial charge in [-0.25, -0.2) is 0 Å². The van der Waals surface area contributed by atoms with Crippen molar-refractivity contribution in [3.63, 3.8) is 0 Å². The summed E-state index contributed by atoms with van der Waals surface area (Å²) in [4.78, 5) is 11.9. The summed E-state index contributed by atoms with van der Waals surface area (Å²) >= 11 is 5.77. The minimum absolute atomic E-state index is 0.0809. The van der Waals surface area contributed by atoms with Crippen LogP contribution in [0.1, 0.15) is 10.4 Å². The third-order valence-corrected chi connectivity index (χ3v) is 2.96. The van der Waals surface area contributed by atoms with Gasteiger partial charge in [0.15, 0.2) is 5.78 Å². The van der Waals surface area contributed by atoms with E-state index in [9.17, 15) is 4.79 Å². The number of allylic oxidation sites excluding steroid dienone is 1. The number of rotatable bonds is 5. The molecule has 4 heteroatoms. The van der Waals surface area contributed by atoms with Gasteiger partial charge in [-0.1, -0.05) is 11.6 Å². The van der Waals surface area contributed by atoms with E-state index in [1.165, 1.54) is 6.08 Å². The number of carbonyl (C=O) groups is 1. The molecule has 0 atom stereocenters. The number of halogens is 1. The van der Waals surface area contributed by atoms with Crippen LogP contribution in [0.25, 0.3) is 0 Å². The number of hydrogen-bond acceptors (Lipinski definition) is 3. The molecule has 0 bridgehead atoms. The number of carbonyl (C=O) groups excluding carboxylic acids is 1. The molecule has 0 aliphatic rings. The van der Waals surface area contributed by atoms with Crippen molar-refractivity contribution in [3.05, 3.63) is 71.4 Å². The van der Waals surface area contributed by atoms with Gasteiger partial charge in [-0.2, -0.15) is 0 Å². The van der Waals surface area contributed by atoms with Crippen molar-refractivity contribution in [2.24, 2.45) is 0 Å². The summed E-state index contributed by atoms with van der Waals surface area (Å²) in [5.74, 6) is 0.708. The molecule has 0 aliphatic carbocycles. The highest BCUT2D eigenvalue weighted by Crippen LogP contribution is 2.15. The second-order valence-corrected chi connectivity index (χ2v) is 4.51. The third kappa shape index (κ3) is 3.87. The number of ketones is 1. The molecule has 0 heterocycles. The molecule has 0 radical (unpaired) electrons. The van der Waals surface area contributed by atoms with E-state index in [1.807, 2.05) is 24.3 Å². The third-order valence-electron chi connectivity index (χ3n) is 2.70. The molecule has 0 fully saturated rings. The zero-order chi connectivity index (χ0) is 14.4. The summed E-state index contributed by atoms with van der Waals surface area (Å²) in [5.41, 5.74) is 1.48. The van der Waals surface area contributed by atoms with Crippen molar-refractivity contribution in [3.8, 4) is 5.75 Å². The van der Waals surface area contributed by atoms with Crippen LogP contribution in [-0.2, 0) is 0 Å². The Bertz CT molecular complexity index is 603. The minimum Gasteiger partial charge on any atom is -0.497 e. The predicted molar refractivity (Wildman–Crippen MR) is 81.5 cm³/mol. The number of nitrogens with one attached hydrogen (secondary N) is 1. The van der Waals surface area contributed by atoms with Crippen molar-refractivity contribution < 1.29 is 9.53 Å². The maximum atomic E-state index is 11.9. The van der Waals surface area contributed by atoms with Crippen LogP contribution in [0.15, 0.2) is 60.8 Å². The van der Waals surface area contributed by atoms with E-state index >= 15 is 0 Å². The highest BCUT2D eigenvalue weighted by Gasteiger charge is 2.00. The van der Waals surface area contributed by atoms with Gasteiger partial charge in [-0.3, -0.25) is 4.79 Å². The molecular weight excluding hydrogens is 274 g/mol. The van der Waals surface area contributed by atoms with E-state index < -0.39 is 0 Å². The van der Waals surface area contributed by atoms with Gasteiger partial charge in [0.1, 0.15) is 5.75 Å². The number of anilines is 1. The normalized spacial score (nSPS) is 10.5. The summed E-state index contributed by atoms with van der Waals surface area (Å²) in [7, 11) is 1.62. The SMILES string of the molecule is COc1ccc(N/C=C/C(=O)c2ccc(Cl)cc2)cc1. The van der Waals surface area contributed by atoms with Crippen LogP contribution < -0.4 is 10.1 Å². The topological polar surface area (TPSA) is 38.3 Å². The molecule has 0 spiro atoms. The molecular formula is C16H14ClNO2. The Morgan fingerprint density at radius 2 is 1.75 bits per heavy atom. The Hall–Kier alpha value is -2.26. The van der Waals surface area contributed by atoms with Crippen molar-refractivity contribution in [1.29, 1.82) is 0 Å². The first-order valence-electron chi connectivity index (χ1n) is 6.06. The fourth-order valence-corrected chi connectivity index (χ4v) is 1.74. The Morgan fingerprint density at radius 3 is 2.35 bits per heavy atom. The maximum absolute atomic E-state index is 11.9. The van der Waals surface area contributed by atoms with Crippen LogP contribution in [-0.4, -0.2) is 12.9 Å². The van der Waals surface area contributed by atoms with E-state index in [2.05, 4.69) is 5.32 Å². The summed E-state index contributed by atoms with van der Waals surface area (Å²) in [6, 6.07) is 14.2. The molecule has 0 amide bonds. The predicted octanol–water partition coefficient (Wildman–Crippen LogP) is 4.16. The fourth-order valence-electron chi connectivity index (χ4n) is 1.61. The monoisotopic (exact) mass is 287 g/mol. The number of methoxy groups -OCH3 is 1. The smallest absolute Gasteiger partial charge is 0.187 e. The molecule has 2 rings (SSSR count). The zero-order valence-electron chi connectivity index (χ0n) is 11.0. The number of ether oxygens (including phenoxy) is 1. The first-order valence-corrected chi connectivity index (χ1v) is 6.44. The highest BCUT2D eigenvalue weighted by molar-refractivity contribution is 6.30. The molecule has 0 aliphatic heterocycles. The molecule has 0 saturated carbocycles. The second kappa shape index (κ2) is 6.78. The van der Waals surface area contributed by atoms with Gasteiger partial charge in [-0.05, 0) is 48.5 Å². The second-order valence-electron chi connectivity index (χ2n) is 4.08. The lowest BCUT2D eigenvalue weighted by molar-refractivity contribution is 0.104. The standard InChI is InChI=1S/C16H14ClNO2/c1-20-15-8-6-14(7-9-15)18-11-10-16(19)12-2-4-13(17)5-3-12/h2-11,18H,1H3/b11-10+. The van der Waals surface area contributed by atoms with Gasteiger partial charge in [-0.15, -0.1) is 0 Å². The molecule has 20 heavy (non-hydrogen) atoms. The molecule has 0 saturated heterocycles. The van der Waals surface area contributed by atoms with Crippen LogP contribution in [0.2, 0.25) is 5.02 Å². The van der Waals surface area contributed by atoms with Crippen molar-refractivity contribution >= 4 is 23.1 Å². The van der Waals surface area contributed by atoms with E-state index in [0.717, 1.165) is 11.4 Å².